The van der Waals surface area contributed by atoms with Gasteiger partial charge >= 0.3 is 0 Å². The number of benzene rings is 1. The van der Waals surface area contributed by atoms with Crippen molar-refractivity contribution in [2.75, 3.05) is 20.1 Å². The van der Waals surface area contributed by atoms with E-state index in [0.717, 1.165) is 17.4 Å². The fourth-order valence-corrected chi connectivity index (χ4v) is 2.20. The van der Waals surface area contributed by atoms with E-state index >= 15 is 0 Å². The predicted octanol–water partition coefficient (Wildman–Crippen LogP) is 2.93. The number of hydrogen-bond acceptors (Lipinski definition) is 2. The monoisotopic (exact) mass is 288 g/mol. The lowest BCUT2D eigenvalue weighted by atomic mass is 10.0. The van der Waals surface area contributed by atoms with Crippen LogP contribution in [0.2, 0.25) is 0 Å². The van der Waals surface area contributed by atoms with Gasteiger partial charge in [-0.25, -0.2) is 4.39 Å². The van der Waals surface area contributed by atoms with Crippen LogP contribution < -0.4 is 5.73 Å². The molecule has 1 aromatic carbocycles. The Morgan fingerprint density at radius 1 is 1.50 bits per heavy atom. The summed E-state index contributed by atoms with van der Waals surface area (Å²) in [5.41, 5.74) is 6.39. The molecule has 0 fully saturated rings. The Hall–Kier alpha value is -0.450. The van der Waals surface area contributed by atoms with Crippen LogP contribution in [0, 0.1) is 5.82 Å². The van der Waals surface area contributed by atoms with Crippen molar-refractivity contribution in [3.05, 3.63) is 34.1 Å². The second-order valence-electron chi connectivity index (χ2n) is 3.90. The van der Waals surface area contributed by atoms with Crippen LogP contribution in [-0.4, -0.2) is 25.0 Å². The van der Waals surface area contributed by atoms with Gasteiger partial charge in [-0.2, -0.15) is 0 Å². The first-order valence-corrected chi connectivity index (χ1v) is 6.24. The summed E-state index contributed by atoms with van der Waals surface area (Å²) >= 11 is 3.36. The molecule has 1 unspecified atom stereocenters. The van der Waals surface area contributed by atoms with Gasteiger partial charge in [-0.3, -0.25) is 4.90 Å². The van der Waals surface area contributed by atoms with Gasteiger partial charge in [-0.1, -0.05) is 22.9 Å². The molecule has 0 aromatic heterocycles. The van der Waals surface area contributed by atoms with E-state index in [1.165, 1.54) is 6.07 Å². The molecule has 1 aromatic rings. The van der Waals surface area contributed by atoms with Crippen molar-refractivity contribution in [3.63, 3.8) is 0 Å². The molecule has 0 aliphatic heterocycles. The zero-order chi connectivity index (χ0) is 12.1. The molecule has 0 heterocycles. The van der Waals surface area contributed by atoms with Gasteiger partial charge in [0, 0.05) is 22.6 Å². The first-order chi connectivity index (χ1) is 7.60. The maximum absolute atomic E-state index is 13.7. The Labute approximate surface area is 105 Å². The van der Waals surface area contributed by atoms with Crippen molar-refractivity contribution in [1.29, 1.82) is 0 Å². The van der Waals surface area contributed by atoms with Crippen LogP contribution in [0.1, 0.15) is 24.9 Å². The van der Waals surface area contributed by atoms with Gasteiger partial charge in [0.15, 0.2) is 0 Å². The van der Waals surface area contributed by atoms with Crippen LogP contribution in [-0.2, 0) is 0 Å². The van der Waals surface area contributed by atoms with E-state index in [1.807, 2.05) is 7.05 Å². The summed E-state index contributed by atoms with van der Waals surface area (Å²) < 4.78 is 14.6. The first kappa shape index (κ1) is 13.6. The molecule has 1 rings (SSSR count). The molecule has 0 aliphatic carbocycles. The fourth-order valence-electron chi connectivity index (χ4n) is 1.82. The summed E-state index contributed by atoms with van der Waals surface area (Å²) in [6, 6.07) is 4.92. The standard InChI is InChI=1S/C12H18BrFN2/c1-3-6-16(2)12(8-15)10-7-9(13)4-5-11(10)14/h4-5,7,12H,3,6,8,15H2,1-2H3. The molecule has 1 atom stereocenters. The molecule has 90 valence electrons. The van der Waals surface area contributed by atoms with E-state index in [9.17, 15) is 4.39 Å². The number of likely N-dealkylation sites (N-methyl/N-ethyl adjacent to an activating group) is 1. The predicted molar refractivity (Wildman–Crippen MR) is 68.8 cm³/mol. The molecule has 2 nitrogen and oxygen atoms in total. The van der Waals surface area contributed by atoms with Crippen LogP contribution in [0.3, 0.4) is 0 Å². The van der Waals surface area contributed by atoms with Crippen molar-refractivity contribution in [2.45, 2.75) is 19.4 Å². The smallest absolute Gasteiger partial charge is 0.128 e. The molecule has 0 saturated heterocycles. The lowest BCUT2D eigenvalue weighted by molar-refractivity contribution is 0.245. The molecule has 0 saturated carbocycles. The molecule has 0 amide bonds. The fraction of sp³-hybridized carbons (Fsp3) is 0.500. The van der Waals surface area contributed by atoms with E-state index in [4.69, 9.17) is 5.73 Å². The molecule has 2 N–H and O–H groups in total. The third-order valence-corrected chi connectivity index (χ3v) is 3.14. The summed E-state index contributed by atoms with van der Waals surface area (Å²) in [5, 5.41) is 0. The van der Waals surface area contributed by atoms with Crippen molar-refractivity contribution in [3.8, 4) is 0 Å². The first-order valence-electron chi connectivity index (χ1n) is 5.45. The minimum absolute atomic E-state index is 0.0579. The quantitative estimate of drug-likeness (QED) is 0.903. The van der Waals surface area contributed by atoms with Crippen molar-refractivity contribution in [1.82, 2.24) is 4.90 Å². The van der Waals surface area contributed by atoms with E-state index in [0.29, 0.717) is 12.1 Å². The zero-order valence-electron chi connectivity index (χ0n) is 9.71. The highest BCUT2D eigenvalue weighted by molar-refractivity contribution is 9.10. The van der Waals surface area contributed by atoms with Gasteiger partial charge in [-0.05, 0) is 38.2 Å². The number of hydrogen-bond donors (Lipinski definition) is 1. The Morgan fingerprint density at radius 2 is 2.19 bits per heavy atom. The van der Waals surface area contributed by atoms with Crippen molar-refractivity contribution < 1.29 is 4.39 Å². The van der Waals surface area contributed by atoms with Crippen LogP contribution in [0.4, 0.5) is 4.39 Å². The van der Waals surface area contributed by atoms with Gasteiger partial charge in [-0.15, -0.1) is 0 Å². The summed E-state index contributed by atoms with van der Waals surface area (Å²) in [7, 11) is 1.97. The minimum Gasteiger partial charge on any atom is -0.329 e. The average Bonchev–Trinajstić information content (AvgIpc) is 2.24. The molecule has 4 heteroatoms. The average molecular weight is 289 g/mol. The number of nitrogens with zero attached hydrogens (tertiary/aromatic N) is 1. The van der Waals surface area contributed by atoms with Crippen LogP contribution >= 0.6 is 15.9 Å². The maximum Gasteiger partial charge on any atom is 0.128 e. The highest BCUT2D eigenvalue weighted by atomic mass is 79.9. The van der Waals surface area contributed by atoms with Gasteiger partial charge in [0.1, 0.15) is 5.82 Å². The van der Waals surface area contributed by atoms with E-state index in [1.54, 1.807) is 12.1 Å². The Bertz CT molecular complexity index is 344. The van der Waals surface area contributed by atoms with E-state index in [-0.39, 0.29) is 11.9 Å². The lowest BCUT2D eigenvalue weighted by Crippen LogP contribution is -2.31. The largest absolute Gasteiger partial charge is 0.329 e. The Balaban J connectivity index is 2.98. The van der Waals surface area contributed by atoms with Crippen LogP contribution in [0.15, 0.2) is 22.7 Å². The zero-order valence-corrected chi connectivity index (χ0v) is 11.3. The third-order valence-electron chi connectivity index (χ3n) is 2.65. The molecule has 16 heavy (non-hydrogen) atoms. The summed E-state index contributed by atoms with van der Waals surface area (Å²) in [4.78, 5) is 2.09. The molecule has 0 aliphatic rings. The Kier molecular flexibility index (Phi) is 5.38. The lowest BCUT2D eigenvalue weighted by Gasteiger charge is -2.27. The summed E-state index contributed by atoms with van der Waals surface area (Å²) in [6.07, 6.45) is 1.03. The summed E-state index contributed by atoms with van der Waals surface area (Å²) in [6.45, 7) is 3.43. The second kappa shape index (κ2) is 6.33. The molecular formula is C12H18BrFN2. The van der Waals surface area contributed by atoms with E-state index in [2.05, 4.69) is 27.8 Å². The number of rotatable bonds is 5. The van der Waals surface area contributed by atoms with Gasteiger partial charge in [0.05, 0.1) is 0 Å². The van der Waals surface area contributed by atoms with Crippen LogP contribution in [0.25, 0.3) is 0 Å². The molecular weight excluding hydrogens is 271 g/mol. The SMILES string of the molecule is CCCN(C)C(CN)c1cc(Br)ccc1F. The maximum atomic E-state index is 13.7. The Morgan fingerprint density at radius 3 is 2.75 bits per heavy atom. The van der Waals surface area contributed by atoms with Crippen molar-refractivity contribution in [2.24, 2.45) is 5.73 Å². The van der Waals surface area contributed by atoms with Crippen LogP contribution in [0.5, 0.6) is 0 Å². The highest BCUT2D eigenvalue weighted by Gasteiger charge is 2.18. The van der Waals surface area contributed by atoms with Gasteiger partial charge < -0.3 is 5.73 Å². The molecule has 0 radical (unpaired) electrons. The summed E-state index contributed by atoms with van der Waals surface area (Å²) in [5.74, 6) is -0.193. The third kappa shape index (κ3) is 3.27. The number of nitrogens with two attached hydrogens (primary N) is 1. The van der Waals surface area contributed by atoms with Gasteiger partial charge in [0.25, 0.3) is 0 Å². The highest BCUT2D eigenvalue weighted by Crippen LogP contribution is 2.24. The minimum atomic E-state index is -0.193. The number of halogens is 2. The topological polar surface area (TPSA) is 29.3 Å². The molecule has 0 spiro atoms. The normalized spacial score (nSPS) is 13.1. The van der Waals surface area contributed by atoms with Gasteiger partial charge in [0.2, 0.25) is 0 Å². The van der Waals surface area contributed by atoms with Crippen molar-refractivity contribution >= 4 is 15.9 Å². The second-order valence-corrected chi connectivity index (χ2v) is 4.81. The van der Waals surface area contributed by atoms with E-state index < -0.39 is 0 Å². The molecule has 0 bridgehead atoms.